The van der Waals surface area contributed by atoms with Gasteiger partial charge in [-0.05, 0) is 38.3 Å². The lowest BCUT2D eigenvalue weighted by Crippen LogP contribution is -2.39. The maximum absolute atomic E-state index is 11.8. The Morgan fingerprint density at radius 2 is 1.95 bits per heavy atom. The molecule has 1 aromatic carbocycles. The molecule has 0 aromatic heterocycles. The Bertz CT molecular complexity index is 456. The molecule has 0 radical (unpaired) electrons. The second-order valence-corrected chi connectivity index (χ2v) is 5.72. The number of carbonyl (C=O) groups is 1. The number of hydrogen-bond acceptors (Lipinski definition) is 3. The lowest BCUT2D eigenvalue weighted by atomic mass is 10.1. The van der Waals surface area contributed by atoms with Gasteiger partial charge in [-0.15, -0.1) is 0 Å². The third-order valence-electron chi connectivity index (χ3n) is 3.41. The Labute approximate surface area is 121 Å². The molecule has 0 aliphatic rings. The van der Waals surface area contributed by atoms with Crippen LogP contribution < -0.4 is 15.8 Å². The van der Waals surface area contributed by atoms with E-state index in [9.17, 15) is 4.79 Å². The molecular weight excluding hydrogens is 252 g/mol. The first-order valence-electron chi connectivity index (χ1n) is 7.09. The number of ether oxygens (including phenoxy) is 1. The highest BCUT2D eigenvalue weighted by molar-refractivity contribution is 5.77. The van der Waals surface area contributed by atoms with Crippen molar-refractivity contribution >= 4 is 5.91 Å². The number of carbonyl (C=O) groups excluding carboxylic acids is 1. The van der Waals surface area contributed by atoms with Crippen LogP contribution in [0.3, 0.4) is 0 Å². The average Bonchev–Trinajstić information content (AvgIpc) is 2.35. The fourth-order valence-electron chi connectivity index (χ4n) is 1.75. The van der Waals surface area contributed by atoms with E-state index in [-0.39, 0.29) is 24.6 Å². The third kappa shape index (κ3) is 4.85. The van der Waals surface area contributed by atoms with Crippen molar-refractivity contribution < 1.29 is 9.53 Å². The molecule has 4 heteroatoms. The Kier molecular flexibility index (Phi) is 6.02. The summed E-state index contributed by atoms with van der Waals surface area (Å²) >= 11 is 0. The monoisotopic (exact) mass is 278 g/mol. The normalized spacial score (nSPS) is 13.9. The maximum Gasteiger partial charge on any atom is 0.258 e. The van der Waals surface area contributed by atoms with Gasteiger partial charge in [-0.1, -0.05) is 26.0 Å². The zero-order valence-electron chi connectivity index (χ0n) is 13.1. The van der Waals surface area contributed by atoms with Crippen molar-refractivity contribution in [3.63, 3.8) is 0 Å². The van der Waals surface area contributed by atoms with Crippen LogP contribution in [0.25, 0.3) is 0 Å². The van der Waals surface area contributed by atoms with Crippen molar-refractivity contribution in [3.05, 3.63) is 29.3 Å². The first-order chi connectivity index (χ1) is 9.31. The third-order valence-corrected chi connectivity index (χ3v) is 3.41. The van der Waals surface area contributed by atoms with Crippen LogP contribution in [-0.2, 0) is 4.79 Å². The minimum Gasteiger partial charge on any atom is -0.483 e. The summed E-state index contributed by atoms with van der Waals surface area (Å²) in [5.41, 5.74) is 7.91. The summed E-state index contributed by atoms with van der Waals surface area (Å²) in [4.78, 5) is 11.8. The molecule has 0 bridgehead atoms. The van der Waals surface area contributed by atoms with Gasteiger partial charge < -0.3 is 15.8 Å². The van der Waals surface area contributed by atoms with E-state index in [0.717, 1.165) is 11.1 Å². The first-order valence-corrected chi connectivity index (χ1v) is 7.09. The number of aryl methyl sites for hydroxylation is 1. The van der Waals surface area contributed by atoms with E-state index in [1.165, 1.54) is 0 Å². The van der Waals surface area contributed by atoms with Crippen molar-refractivity contribution in [2.45, 2.75) is 46.7 Å². The second-order valence-electron chi connectivity index (χ2n) is 5.72. The molecule has 1 amide bonds. The van der Waals surface area contributed by atoms with Gasteiger partial charge in [0.25, 0.3) is 5.91 Å². The van der Waals surface area contributed by atoms with Crippen molar-refractivity contribution in [2.75, 3.05) is 6.61 Å². The van der Waals surface area contributed by atoms with Gasteiger partial charge in [0.15, 0.2) is 6.61 Å². The SMILES string of the molecule is Cc1ccc([C@@H](C)N)c(OCC(=O)NC(C)C(C)C)c1. The molecule has 20 heavy (non-hydrogen) atoms. The fourth-order valence-corrected chi connectivity index (χ4v) is 1.75. The number of nitrogens with one attached hydrogen (secondary N) is 1. The van der Waals surface area contributed by atoms with Crippen molar-refractivity contribution in [2.24, 2.45) is 11.7 Å². The van der Waals surface area contributed by atoms with E-state index < -0.39 is 0 Å². The van der Waals surface area contributed by atoms with E-state index in [1.807, 2.05) is 39.0 Å². The molecule has 1 rings (SSSR count). The highest BCUT2D eigenvalue weighted by atomic mass is 16.5. The lowest BCUT2D eigenvalue weighted by molar-refractivity contribution is -0.124. The van der Waals surface area contributed by atoms with Crippen molar-refractivity contribution in [1.82, 2.24) is 5.32 Å². The second kappa shape index (κ2) is 7.29. The Morgan fingerprint density at radius 3 is 2.50 bits per heavy atom. The fraction of sp³-hybridized carbons (Fsp3) is 0.562. The van der Waals surface area contributed by atoms with Crippen molar-refractivity contribution in [3.8, 4) is 5.75 Å². The predicted molar refractivity (Wildman–Crippen MR) is 81.7 cm³/mol. The zero-order chi connectivity index (χ0) is 15.3. The number of hydrogen-bond donors (Lipinski definition) is 2. The molecule has 0 spiro atoms. The summed E-state index contributed by atoms with van der Waals surface area (Å²) < 4.78 is 5.63. The van der Waals surface area contributed by atoms with Gasteiger partial charge in [-0.2, -0.15) is 0 Å². The average molecular weight is 278 g/mol. The van der Waals surface area contributed by atoms with Crippen LogP contribution in [0.5, 0.6) is 5.75 Å². The van der Waals surface area contributed by atoms with Gasteiger partial charge in [0.1, 0.15) is 5.75 Å². The quantitative estimate of drug-likeness (QED) is 0.840. The molecule has 1 aromatic rings. The van der Waals surface area contributed by atoms with Gasteiger partial charge in [-0.3, -0.25) is 4.79 Å². The molecule has 1 unspecified atom stereocenters. The van der Waals surface area contributed by atoms with Gasteiger partial charge in [0, 0.05) is 17.6 Å². The predicted octanol–water partition coefficient (Wildman–Crippen LogP) is 2.55. The van der Waals surface area contributed by atoms with Crippen LogP contribution in [0.15, 0.2) is 18.2 Å². The van der Waals surface area contributed by atoms with Gasteiger partial charge in [0.05, 0.1) is 0 Å². The number of nitrogens with two attached hydrogens (primary N) is 1. The molecule has 2 atom stereocenters. The summed E-state index contributed by atoms with van der Waals surface area (Å²) in [5.74, 6) is 0.980. The summed E-state index contributed by atoms with van der Waals surface area (Å²) in [6.45, 7) is 10.0. The Balaban J connectivity index is 2.65. The Morgan fingerprint density at radius 1 is 1.30 bits per heavy atom. The number of amides is 1. The molecule has 112 valence electrons. The van der Waals surface area contributed by atoms with Crippen LogP contribution in [0.2, 0.25) is 0 Å². The molecule has 0 saturated heterocycles. The lowest BCUT2D eigenvalue weighted by Gasteiger charge is -2.18. The van der Waals surface area contributed by atoms with Crippen LogP contribution in [0.4, 0.5) is 0 Å². The molecule has 0 aliphatic heterocycles. The Hall–Kier alpha value is -1.55. The highest BCUT2D eigenvalue weighted by Crippen LogP contribution is 2.25. The molecule has 0 saturated carbocycles. The molecular formula is C16H26N2O2. The van der Waals surface area contributed by atoms with E-state index >= 15 is 0 Å². The van der Waals surface area contributed by atoms with Crippen LogP contribution in [0, 0.1) is 12.8 Å². The maximum atomic E-state index is 11.8. The van der Waals surface area contributed by atoms with E-state index in [4.69, 9.17) is 10.5 Å². The zero-order valence-corrected chi connectivity index (χ0v) is 13.1. The molecule has 4 nitrogen and oxygen atoms in total. The summed E-state index contributed by atoms with van der Waals surface area (Å²) in [6.07, 6.45) is 0. The van der Waals surface area contributed by atoms with Crippen molar-refractivity contribution in [1.29, 1.82) is 0 Å². The number of rotatable bonds is 6. The summed E-state index contributed by atoms with van der Waals surface area (Å²) in [6, 6.07) is 5.87. The minimum atomic E-state index is -0.122. The van der Waals surface area contributed by atoms with Gasteiger partial charge >= 0.3 is 0 Å². The standard InChI is InChI=1S/C16H26N2O2/c1-10(2)13(5)18-16(19)9-20-15-8-11(3)6-7-14(15)12(4)17/h6-8,10,12-13H,9,17H2,1-5H3,(H,18,19)/t12-,13?/m1/s1. The van der Waals surface area contributed by atoms with E-state index in [2.05, 4.69) is 19.2 Å². The summed E-state index contributed by atoms with van der Waals surface area (Å²) in [5, 5.41) is 2.92. The molecule has 0 heterocycles. The molecule has 0 fully saturated rings. The van der Waals surface area contributed by atoms with Gasteiger partial charge in [-0.25, -0.2) is 0 Å². The largest absolute Gasteiger partial charge is 0.483 e. The van der Waals surface area contributed by atoms with Crippen LogP contribution in [0.1, 0.15) is 44.9 Å². The summed E-state index contributed by atoms with van der Waals surface area (Å²) in [7, 11) is 0. The topological polar surface area (TPSA) is 64.3 Å². The first kappa shape index (κ1) is 16.5. The number of benzene rings is 1. The highest BCUT2D eigenvalue weighted by Gasteiger charge is 2.13. The smallest absolute Gasteiger partial charge is 0.258 e. The molecule has 3 N–H and O–H groups in total. The van der Waals surface area contributed by atoms with E-state index in [1.54, 1.807) is 0 Å². The van der Waals surface area contributed by atoms with Crippen LogP contribution >= 0.6 is 0 Å². The van der Waals surface area contributed by atoms with Crippen LogP contribution in [-0.4, -0.2) is 18.6 Å². The molecule has 0 aliphatic carbocycles. The van der Waals surface area contributed by atoms with E-state index in [0.29, 0.717) is 11.7 Å². The van der Waals surface area contributed by atoms with Gasteiger partial charge in [0.2, 0.25) is 0 Å². The minimum absolute atomic E-state index is 0.0141.